The molecule has 0 aliphatic carbocycles. The average Bonchev–Trinajstić information content (AvgIpc) is 2.84. The number of ether oxygens (including phenoxy) is 1. The predicted molar refractivity (Wildman–Crippen MR) is 156 cm³/mol. The highest BCUT2D eigenvalue weighted by atomic mass is 19.1. The van der Waals surface area contributed by atoms with Gasteiger partial charge >= 0.3 is 6.09 Å². The molecule has 1 heterocycles. The molecule has 2 aromatic rings. The normalized spacial score (nSPS) is 16.3. The monoisotopic (exact) mass is 587 g/mol. The van der Waals surface area contributed by atoms with Gasteiger partial charge in [-0.3, -0.25) is 9.59 Å². The van der Waals surface area contributed by atoms with E-state index in [0.717, 1.165) is 31.0 Å². The summed E-state index contributed by atoms with van der Waals surface area (Å²) in [5.41, 5.74) is 0.792. The summed E-state index contributed by atoms with van der Waals surface area (Å²) >= 11 is 0. The molecule has 2 aromatic carbocycles. The van der Waals surface area contributed by atoms with Gasteiger partial charge in [-0.05, 0) is 94.8 Å². The maximum Gasteiger partial charge on any atom is 0.410 e. The largest absolute Gasteiger partial charge is 0.444 e. The van der Waals surface area contributed by atoms with Crippen LogP contribution in [-0.4, -0.2) is 76.2 Å². The van der Waals surface area contributed by atoms with Crippen LogP contribution in [-0.2, 0) is 11.2 Å². The molecule has 3 rings (SSSR count). The second kappa shape index (κ2) is 14.1. The van der Waals surface area contributed by atoms with E-state index in [1.165, 1.54) is 11.0 Å². The molecule has 2 N–H and O–H groups in total. The standard InChI is InChI=1S/C32H43F2N3O5/c1-7-10-36(11-8-2)30(40)23-14-20(3)13-22(18-23)29(39)35-26(17-21-15-24(33)19-25(34)16-21)28(38)27-9-12-37(27)31(41)42-32(4,5)6/h13-16,18-19,26-28,38H,7-12,17H2,1-6H3,(H,35,39)/t26-,27+,28-/m0/s1. The Morgan fingerprint density at radius 2 is 1.62 bits per heavy atom. The lowest BCUT2D eigenvalue weighted by molar-refractivity contribution is -0.0485. The topological polar surface area (TPSA) is 99.2 Å². The lowest BCUT2D eigenvalue weighted by Crippen LogP contribution is -2.63. The zero-order valence-corrected chi connectivity index (χ0v) is 25.4. The summed E-state index contributed by atoms with van der Waals surface area (Å²) in [6, 6.07) is 6.23. The molecular weight excluding hydrogens is 544 g/mol. The van der Waals surface area contributed by atoms with Gasteiger partial charge in [0.15, 0.2) is 0 Å². The van der Waals surface area contributed by atoms with Crippen molar-refractivity contribution >= 4 is 17.9 Å². The van der Waals surface area contributed by atoms with Gasteiger partial charge in [-0.15, -0.1) is 0 Å². The number of carbonyl (C=O) groups is 3. The van der Waals surface area contributed by atoms with Crippen molar-refractivity contribution in [1.82, 2.24) is 15.1 Å². The van der Waals surface area contributed by atoms with Gasteiger partial charge in [0.1, 0.15) is 17.2 Å². The first-order valence-electron chi connectivity index (χ1n) is 14.6. The van der Waals surface area contributed by atoms with E-state index < -0.39 is 47.4 Å². The quantitative estimate of drug-likeness (QED) is 0.374. The molecule has 0 spiro atoms. The van der Waals surface area contributed by atoms with Gasteiger partial charge in [0.2, 0.25) is 0 Å². The summed E-state index contributed by atoms with van der Waals surface area (Å²) in [6.45, 7) is 12.5. The molecule has 8 nitrogen and oxygen atoms in total. The smallest absolute Gasteiger partial charge is 0.410 e. The minimum atomic E-state index is -1.27. The van der Waals surface area contributed by atoms with Crippen molar-refractivity contribution in [2.45, 2.75) is 91.0 Å². The van der Waals surface area contributed by atoms with Crippen LogP contribution >= 0.6 is 0 Å². The summed E-state index contributed by atoms with van der Waals surface area (Å²) in [4.78, 5) is 42.7. The number of aliphatic hydroxyl groups excluding tert-OH is 1. The number of aryl methyl sites for hydroxylation is 1. The summed E-state index contributed by atoms with van der Waals surface area (Å²) in [7, 11) is 0. The molecule has 1 saturated heterocycles. The summed E-state index contributed by atoms with van der Waals surface area (Å²) in [6.07, 6.45) is 0.0953. The van der Waals surface area contributed by atoms with Crippen LogP contribution in [0.2, 0.25) is 0 Å². The van der Waals surface area contributed by atoms with Crippen molar-refractivity contribution < 1.29 is 33.0 Å². The van der Waals surface area contributed by atoms with Crippen LogP contribution in [0.1, 0.15) is 85.7 Å². The van der Waals surface area contributed by atoms with Crippen LogP contribution in [0.25, 0.3) is 0 Å². The lowest BCUT2D eigenvalue weighted by Gasteiger charge is -2.45. The minimum absolute atomic E-state index is 0.0986. The number of amides is 3. The van der Waals surface area contributed by atoms with Crippen molar-refractivity contribution in [3.63, 3.8) is 0 Å². The van der Waals surface area contributed by atoms with E-state index in [0.29, 0.717) is 37.2 Å². The molecule has 10 heteroatoms. The number of hydrogen-bond acceptors (Lipinski definition) is 5. The van der Waals surface area contributed by atoms with Crippen LogP contribution in [0.3, 0.4) is 0 Å². The van der Waals surface area contributed by atoms with E-state index in [1.807, 2.05) is 13.8 Å². The van der Waals surface area contributed by atoms with Gasteiger partial charge < -0.3 is 25.0 Å². The molecule has 0 bridgehead atoms. The first-order valence-corrected chi connectivity index (χ1v) is 14.6. The van der Waals surface area contributed by atoms with E-state index in [2.05, 4.69) is 5.32 Å². The Balaban J connectivity index is 1.89. The number of carbonyl (C=O) groups excluding carboxylic acids is 3. The number of halogens is 2. The van der Waals surface area contributed by atoms with Gasteiger partial charge in [-0.1, -0.05) is 13.8 Å². The number of hydrogen-bond donors (Lipinski definition) is 2. The summed E-state index contributed by atoms with van der Waals surface area (Å²) in [5.74, 6) is -2.30. The molecule has 0 radical (unpaired) electrons. The molecule has 0 saturated carbocycles. The Labute approximate surface area is 247 Å². The second-order valence-corrected chi connectivity index (χ2v) is 12.0. The van der Waals surface area contributed by atoms with Gasteiger partial charge in [-0.2, -0.15) is 0 Å². The molecule has 3 atom stereocenters. The highest BCUT2D eigenvalue weighted by Gasteiger charge is 2.43. The lowest BCUT2D eigenvalue weighted by atomic mass is 9.89. The average molecular weight is 588 g/mol. The van der Waals surface area contributed by atoms with E-state index in [-0.39, 0.29) is 23.5 Å². The van der Waals surface area contributed by atoms with Crippen molar-refractivity contribution in [2.75, 3.05) is 19.6 Å². The molecule has 1 aliphatic rings. The van der Waals surface area contributed by atoms with Gasteiger partial charge in [0.05, 0.1) is 18.2 Å². The third kappa shape index (κ3) is 8.74. The fraction of sp³-hybridized carbons (Fsp3) is 0.531. The molecule has 0 unspecified atom stereocenters. The molecule has 0 aromatic heterocycles. The Morgan fingerprint density at radius 1 is 1.02 bits per heavy atom. The third-order valence-electron chi connectivity index (χ3n) is 7.06. The number of nitrogens with zero attached hydrogens (tertiary/aromatic N) is 2. The zero-order valence-electron chi connectivity index (χ0n) is 25.4. The Kier molecular flexibility index (Phi) is 11.1. The fourth-order valence-corrected chi connectivity index (χ4v) is 5.14. The molecule has 1 fully saturated rings. The highest BCUT2D eigenvalue weighted by Crippen LogP contribution is 2.27. The Morgan fingerprint density at radius 3 is 2.14 bits per heavy atom. The van der Waals surface area contributed by atoms with E-state index in [4.69, 9.17) is 4.74 Å². The van der Waals surface area contributed by atoms with E-state index in [9.17, 15) is 28.3 Å². The molecule has 3 amide bonds. The third-order valence-corrected chi connectivity index (χ3v) is 7.06. The SMILES string of the molecule is CCCN(CCC)C(=O)c1cc(C)cc(C(=O)N[C@@H](Cc2cc(F)cc(F)c2)[C@H](O)[C@H]2CCN2C(=O)OC(C)(C)C)c1. The molecule has 42 heavy (non-hydrogen) atoms. The fourth-order valence-electron chi connectivity index (χ4n) is 5.14. The van der Waals surface area contributed by atoms with Crippen molar-refractivity contribution in [1.29, 1.82) is 0 Å². The minimum Gasteiger partial charge on any atom is -0.444 e. The number of rotatable bonds is 11. The molecule has 230 valence electrons. The van der Waals surface area contributed by atoms with Crippen LogP contribution < -0.4 is 5.32 Å². The number of nitrogens with one attached hydrogen (secondary N) is 1. The Hall–Kier alpha value is -3.53. The van der Waals surface area contributed by atoms with E-state index >= 15 is 0 Å². The number of aliphatic hydroxyl groups is 1. The van der Waals surface area contributed by atoms with Crippen LogP contribution in [0.5, 0.6) is 0 Å². The van der Waals surface area contributed by atoms with Crippen molar-refractivity contribution in [3.05, 3.63) is 70.3 Å². The first-order chi connectivity index (χ1) is 19.7. The van der Waals surface area contributed by atoms with Crippen molar-refractivity contribution in [2.24, 2.45) is 0 Å². The maximum atomic E-state index is 14.0. The van der Waals surface area contributed by atoms with Crippen LogP contribution in [0.4, 0.5) is 13.6 Å². The van der Waals surface area contributed by atoms with Gasteiger partial charge in [0.25, 0.3) is 11.8 Å². The van der Waals surface area contributed by atoms with Crippen molar-refractivity contribution in [3.8, 4) is 0 Å². The molecular formula is C32H43F2N3O5. The first kappa shape index (κ1) is 33.0. The van der Waals surface area contributed by atoms with Gasteiger partial charge in [-0.25, -0.2) is 13.6 Å². The number of likely N-dealkylation sites (tertiary alicyclic amines) is 1. The second-order valence-electron chi connectivity index (χ2n) is 12.0. The van der Waals surface area contributed by atoms with E-state index in [1.54, 1.807) is 44.7 Å². The summed E-state index contributed by atoms with van der Waals surface area (Å²) < 4.78 is 33.5. The van der Waals surface area contributed by atoms with Gasteiger partial charge in [0, 0.05) is 36.8 Å². The molecule has 1 aliphatic heterocycles. The maximum absolute atomic E-state index is 14.0. The van der Waals surface area contributed by atoms with Crippen LogP contribution in [0.15, 0.2) is 36.4 Å². The highest BCUT2D eigenvalue weighted by molar-refractivity contribution is 6.00. The predicted octanol–water partition coefficient (Wildman–Crippen LogP) is 5.25. The van der Waals surface area contributed by atoms with Crippen LogP contribution in [0, 0.1) is 18.6 Å². The Bertz CT molecular complexity index is 1250. The summed E-state index contributed by atoms with van der Waals surface area (Å²) in [5, 5.41) is 14.2. The number of benzene rings is 2. The zero-order chi connectivity index (χ0) is 31.2.